The molecule has 22 heavy (non-hydrogen) atoms. The number of methoxy groups -OCH3 is 1. The van der Waals surface area contributed by atoms with Crippen molar-refractivity contribution in [2.75, 3.05) is 7.11 Å². The predicted molar refractivity (Wildman–Crippen MR) is 88.5 cm³/mol. The molecule has 3 rings (SSSR count). The molecule has 0 saturated carbocycles. The highest BCUT2D eigenvalue weighted by molar-refractivity contribution is 5.88. The van der Waals surface area contributed by atoms with Crippen LogP contribution in [0.1, 0.15) is 11.1 Å². The Morgan fingerprint density at radius 2 is 2.05 bits per heavy atom. The number of rotatable bonds is 4. The van der Waals surface area contributed by atoms with E-state index in [2.05, 4.69) is 12.6 Å². The van der Waals surface area contributed by atoms with Gasteiger partial charge in [-0.2, -0.15) is 0 Å². The van der Waals surface area contributed by atoms with E-state index in [4.69, 9.17) is 9.15 Å². The van der Waals surface area contributed by atoms with E-state index < -0.39 is 0 Å². The maximum Gasteiger partial charge on any atom is 0.161 e. The minimum Gasteiger partial charge on any atom is -0.504 e. The van der Waals surface area contributed by atoms with Crippen molar-refractivity contribution in [2.24, 2.45) is 0 Å². The van der Waals surface area contributed by atoms with E-state index in [9.17, 15) is 5.11 Å². The molecule has 0 amide bonds. The van der Waals surface area contributed by atoms with Gasteiger partial charge in [0.15, 0.2) is 11.5 Å². The lowest BCUT2D eigenvalue weighted by molar-refractivity contribution is 0.373. The average molecular weight is 294 g/mol. The van der Waals surface area contributed by atoms with Gasteiger partial charge in [0.1, 0.15) is 11.3 Å². The molecule has 0 unspecified atom stereocenters. The second-order valence-electron chi connectivity index (χ2n) is 5.27. The molecule has 3 heteroatoms. The third kappa shape index (κ3) is 2.35. The van der Waals surface area contributed by atoms with Crippen LogP contribution in [0.2, 0.25) is 0 Å². The number of aromatic hydroxyl groups is 1. The summed E-state index contributed by atoms with van der Waals surface area (Å²) in [4.78, 5) is 0. The Balaban J connectivity index is 2.15. The van der Waals surface area contributed by atoms with Crippen LogP contribution in [-0.4, -0.2) is 12.2 Å². The minimum absolute atomic E-state index is 0.119. The zero-order valence-corrected chi connectivity index (χ0v) is 12.7. The summed E-state index contributed by atoms with van der Waals surface area (Å²) in [6.45, 7) is 5.82. The van der Waals surface area contributed by atoms with Gasteiger partial charge in [0.25, 0.3) is 0 Å². The Kier molecular flexibility index (Phi) is 3.63. The van der Waals surface area contributed by atoms with Crippen LogP contribution >= 0.6 is 0 Å². The number of allylic oxidation sites excluding steroid dienone is 1. The van der Waals surface area contributed by atoms with Crippen molar-refractivity contribution in [3.05, 3.63) is 60.2 Å². The lowest BCUT2D eigenvalue weighted by atomic mass is 10.0. The Labute approximate surface area is 129 Å². The summed E-state index contributed by atoms with van der Waals surface area (Å²) in [6.07, 6.45) is 2.73. The van der Waals surface area contributed by atoms with E-state index in [0.29, 0.717) is 5.75 Å². The van der Waals surface area contributed by atoms with Crippen molar-refractivity contribution < 1.29 is 14.3 Å². The van der Waals surface area contributed by atoms with Crippen LogP contribution < -0.4 is 4.74 Å². The first kappa shape index (κ1) is 14.3. The molecular formula is C19H18O3. The summed E-state index contributed by atoms with van der Waals surface area (Å²) in [5.41, 5.74) is 4.02. The number of aryl methyl sites for hydroxylation is 1. The molecule has 0 atom stereocenters. The van der Waals surface area contributed by atoms with Crippen LogP contribution in [0.15, 0.2) is 53.5 Å². The molecule has 0 spiro atoms. The number of hydrogen-bond acceptors (Lipinski definition) is 3. The lowest BCUT2D eigenvalue weighted by Gasteiger charge is -2.05. The van der Waals surface area contributed by atoms with Gasteiger partial charge in [-0.15, -0.1) is 6.58 Å². The monoisotopic (exact) mass is 294 g/mol. The van der Waals surface area contributed by atoms with Gasteiger partial charge in [0.2, 0.25) is 0 Å². The van der Waals surface area contributed by atoms with Gasteiger partial charge in [-0.25, -0.2) is 0 Å². The predicted octanol–water partition coefficient (Wildman–Crippen LogP) is 4.85. The van der Waals surface area contributed by atoms with Gasteiger partial charge >= 0.3 is 0 Å². The molecule has 0 aliphatic heterocycles. The summed E-state index contributed by atoms with van der Waals surface area (Å²) in [7, 11) is 1.53. The molecule has 0 radical (unpaired) electrons. The summed E-state index contributed by atoms with van der Waals surface area (Å²) in [5.74, 6) is 1.35. The minimum atomic E-state index is 0.119. The van der Waals surface area contributed by atoms with E-state index in [0.717, 1.165) is 34.3 Å². The Morgan fingerprint density at radius 1 is 1.23 bits per heavy atom. The molecule has 3 aromatic rings. The Hall–Kier alpha value is -2.68. The van der Waals surface area contributed by atoms with Gasteiger partial charge in [-0.05, 0) is 49.2 Å². The fourth-order valence-electron chi connectivity index (χ4n) is 2.66. The van der Waals surface area contributed by atoms with Crippen LogP contribution in [0, 0.1) is 6.92 Å². The third-order valence-electron chi connectivity index (χ3n) is 3.82. The largest absolute Gasteiger partial charge is 0.504 e. The normalized spacial score (nSPS) is 10.8. The van der Waals surface area contributed by atoms with Crippen molar-refractivity contribution in [1.29, 1.82) is 0 Å². The van der Waals surface area contributed by atoms with Gasteiger partial charge < -0.3 is 14.3 Å². The van der Waals surface area contributed by atoms with Crippen molar-refractivity contribution in [3.8, 4) is 22.8 Å². The van der Waals surface area contributed by atoms with Gasteiger partial charge in [-0.1, -0.05) is 12.1 Å². The number of hydrogen-bond donors (Lipinski definition) is 1. The summed E-state index contributed by atoms with van der Waals surface area (Å²) >= 11 is 0. The van der Waals surface area contributed by atoms with Crippen LogP contribution in [0.3, 0.4) is 0 Å². The van der Waals surface area contributed by atoms with Crippen molar-refractivity contribution in [2.45, 2.75) is 13.3 Å². The summed E-state index contributed by atoms with van der Waals surface area (Å²) < 4.78 is 11.2. The first-order valence-electron chi connectivity index (χ1n) is 7.14. The van der Waals surface area contributed by atoms with E-state index in [-0.39, 0.29) is 5.75 Å². The van der Waals surface area contributed by atoms with Crippen LogP contribution in [0.4, 0.5) is 0 Å². The molecule has 2 aromatic carbocycles. The topological polar surface area (TPSA) is 42.6 Å². The van der Waals surface area contributed by atoms with E-state index in [1.807, 2.05) is 31.2 Å². The molecule has 0 fully saturated rings. The van der Waals surface area contributed by atoms with Gasteiger partial charge in [0.05, 0.1) is 7.11 Å². The molecule has 0 aliphatic rings. The van der Waals surface area contributed by atoms with Gasteiger partial charge in [0, 0.05) is 16.5 Å². The van der Waals surface area contributed by atoms with E-state index in [1.165, 1.54) is 12.7 Å². The molecule has 0 saturated heterocycles. The highest BCUT2D eigenvalue weighted by Gasteiger charge is 2.14. The third-order valence-corrected chi connectivity index (χ3v) is 3.82. The van der Waals surface area contributed by atoms with E-state index >= 15 is 0 Å². The molecule has 1 aromatic heterocycles. The van der Waals surface area contributed by atoms with Crippen LogP contribution in [0.25, 0.3) is 22.3 Å². The zero-order chi connectivity index (χ0) is 15.7. The molecule has 112 valence electrons. The molecule has 3 nitrogen and oxygen atoms in total. The Morgan fingerprint density at radius 3 is 2.77 bits per heavy atom. The fraction of sp³-hybridized carbons (Fsp3) is 0.158. The van der Waals surface area contributed by atoms with Crippen molar-refractivity contribution >= 4 is 11.0 Å². The Bertz CT molecular complexity index is 843. The number of furan rings is 1. The quantitative estimate of drug-likeness (QED) is 0.699. The zero-order valence-electron chi connectivity index (χ0n) is 12.7. The molecular weight excluding hydrogens is 276 g/mol. The fourth-order valence-corrected chi connectivity index (χ4v) is 2.66. The maximum atomic E-state index is 9.72. The number of fused-ring (bicyclic) bond motifs is 1. The average Bonchev–Trinajstić information content (AvgIpc) is 2.85. The van der Waals surface area contributed by atoms with Crippen molar-refractivity contribution in [3.63, 3.8) is 0 Å². The second-order valence-corrected chi connectivity index (χ2v) is 5.27. The highest BCUT2D eigenvalue weighted by Crippen LogP contribution is 2.37. The standard InChI is InChI=1S/C19H18O3/c1-4-5-13-6-9-17-15(10-13)12(2)19(22-17)14-7-8-16(20)18(11-14)21-3/h4,6-11,20H,1,5H2,2-3H3. The highest BCUT2D eigenvalue weighted by atomic mass is 16.5. The first-order chi connectivity index (χ1) is 10.6. The second kappa shape index (κ2) is 5.60. The molecule has 0 aliphatic carbocycles. The molecule has 1 heterocycles. The smallest absolute Gasteiger partial charge is 0.161 e. The summed E-state index contributed by atoms with van der Waals surface area (Å²) in [6, 6.07) is 11.4. The van der Waals surface area contributed by atoms with Crippen molar-refractivity contribution in [1.82, 2.24) is 0 Å². The first-order valence-corrected chi connectivity index (χ1v) is 7.14. The number of phenolic OH excluding ortho intramolecular Hbond substituents is 1. The van der Waals surface area contributed by atoms with Gasteiger partial charge in [-0.3, -0.25) is 0 Å². The maximum absolute atomic E-state index is 9.72. The van der Waals surface area contributed by atoms with Crippen LogP contribution in [0.5, 0.6) is 11.5 Å². The van der Waals surface area contributed by atoms with E-state index in [1.54, 1.807) is 12.1 Å². The SMILES string of the molecule is C=CCc1ccc2oc(-c3ccc(O)c(OC)c3)c(C)c2c1. The van der Waals surface area contributed by atoms with Crippen LogP contribution in [-0.2, 0) is 6.42 Å². The number of phenols is 1. The molecule has 0 bridgehead atoms. The number of ether oxygens (including phenoxy) is 1. The summed E-state index contributed by atoms with van der Waals surface area (Å²) in [5, 5.41) is 10.8. The number of benzene rings is 2. The molecule has 1 N–H and O–H groups in total. The lowest BCUT2D eigenvalue weighted by Crippen LogP contribution is -1.85.